The molecule has 0 amide bonds. The van der Waals surface area contributed by atoms with Gasteiger partial charge in [0.2, 0.25) is 0 Å². The largest absolute Gasteiger partial charge is 0.298 e. The Bertz CT molecular complexity index is 668. The van der Waals surface area contributed by atoms with Gasteiger partial charge in [0.05, 0.1) is 5.69 Å². The number of benzene rings is 1. The number of hydrogen-bond donors (Lipinski definition) is 0. The summed E-state index contributed by atoms with van der Waals surface area (Å²) >= 11 is 3.53. The van der Waals surface area contributed by atoms with E-state index in [1.54, 1.807) is 0 Å². The molecule has 3 heteroatoms. The first-order chi connectivity index (χ1) is 8.25. The highest BCUT2D eigenvalue weighted by atomic mass is 79.9. The Morgan fingerprint density at radius 1 is 1.06 bits per heavy atom. The molecule has 0 aliphatic carbocycles. The second-order valence-corrected chi connectivity index (χ2v) is 4.80. The van der Waals surface area contributed by atoms with Crippen LogP contribution in [0.15, 0.2) is 53.3 Å². The fourth-order valence-electron chi connectivity index (χ4n) is 1.94. The smallest absolute Gasteiger partial charge is 0.138 e. The lowest BCUT2D eigenvalue weighted by atomic mass is 10.1. The summed E-state index contributed by atoms with van der Waals surface area (Å²) in [6.07, 6.45) is 2.03. The molecule has 0 unspecified atom stereocenters. The molecule has 3 rings (SSSR count). The molecule has 0 saturated heterocycles. The Morgan fingerprint density at radius 2 is 1.82 bits per heavy atom. The van der Waals surface area contributed by atoms with Crippen molar-refractivity contribution in [3.05, 3.63) is 58.8 Å². The van der Waals surface area contributed by atoms with Crippen LogP contribution in [0.4, 0.5) is 0 Å². The zero-order valence-corrected chi connectivity index (χ0v) is 11.0. The van der Waals surface area contributed by atoms with Crippen LogP contribution in [0.3, 0.4) is 0 Å². The van der Waals surface area contributed by atoms with Crippen molar-refractivity contribution in [1.29, 1.82) is 0 Å². The molecular weight excluding hydrogens is 276 g/mol. The van der Waals surface area contributed by atoms with Gasteiger partial charge in [-0.05, 0) is 35.0 Å². The van der Waals surface area contributed by atoms with Gasteiger partial charge in [0.1, 0.15) is 10.3 Å². The standard InChI is InChI=1S/C14H11BrN2/c1-10-5-7-11(8-6-10)13-14(15)16-12-4-2-3-9-17(12)13/h2-9H,1H3. The van der Waals surface area contributed by atoms with E-state index >= 15 is 0 Å². The van der Waals surface area contributed by atoms with Gasteiger partial charge in [-0.1, -0.05) is 35.9 Å². The molecule has 0 spiro atoms. The minimum atomic E-state index is 0.882. The minimum Gasteiger partial charge on any atom is -0.298 e. The topological polar surface area (TPSA) is 17.3 Å². The third-order valence-electron chi connectivity index (χ3n) is 2.81. The van der Waals surface area contributed by atoms with Crippen molar-refractivity contribution in [2.24, 2.45) is 0 Å². The predicted molar refractivity (Wildman–Crippen MR) is 73.1 cm³/mol. The van der Waals surface area contributed by atoms with Gasteiger partial charge in [-0.2, -0.15) is 0 Å². The average Bonchev–Trinajstić information content (AvgIpc) is 2.66. The number of imidazole rings is 1. The maximum absolute atomic E-state index is 4.49. The highest BCUT2D eigenvalue weighted by Crippen LogP contribution is 2.29. The van der Waals surface area contributed by atoms with E-state index in [-0.39, 0.29) is 0 Å². The summed E-state index contributed by atoms with van der Waals surface area (Å²) in [4.78, 5) is 4.49. The molecule has 17 heavy (non-hydrogen) atoms. The molecule has 0 atom stereocenters. The molecular formula is C14H11BrN2. The Labute approximate surface area is 108 Å². The molecule has 0 aliphatic heterocycles. The first kappa shape index (κ1) is 10.5. The second kappa shape index (κ2) is 4.00. The van der Waals surface area contributed by atoms with Crippen LogP contribution < -0.4 is 0 Å². The van der Waals surface area contributed by atoms with Crippen LogP contribution in [0.2, 0.25) is 0 Å². The van der Waals surface area contributed by atoms with E-state index in [9.17, 15) is 0 Å². The number of pyridine rings is 1. The van der Waals surface area contributed by atoms with Crippen LogP contribution in [-0.2, 0) is 0 Å². The lowest BCUT2D eigenvalue weighted by Crippen LogP contribution is -1.87. The van der Waals surface area contributed by atoms with E-state index in [1.165, 1.54) is 11.1 Å². The van der Waals surface area contributed by atoms with Crippen molar-refractivity contribution in [2.75, 3.05) is 0 Å². The first-order valence-electron chi connectivity index (χ1n) is 5.45. The van der Waals surface area contributed by atoms with Crippen molar-refractivity contribution >= 4 is 21.6 Å². The normalized spacial score (nSPS) is 10.9. The van der Waals surface area contributed by atoms with Gasteiger partial charge in [0.15, 0.2) is 0 Å². The molecule has 0 aliphatic rings. The molecule has 2 nitrogen and oxygen atoms in total. The Morgan fingerprint density at radius 3 is 2.59 bits per heavy atom. The number of fused-ring (bicyclic) bond motifs is 1. The predicted octanol–water partition coefficient (Wildman–Crippen LogP) is 4.07. The Balaban J connectivity index is 2.29. The van der Waals surface area contributed by atoms with Gasteiger partial charge in [-0.25, -0.2) is 4.98 Å². The SMILES string of the molecule is Cc1ccc(-c2c(Br)nc3ccccn23)cc1. The number of hydrogen-bond acceptors (Lipinski definition) is 1. The van der Waals surface area contributed by atoms with Gasteiger partial charge in [0.25, 0.3) is 0 Å². The summed E-state index contributed by atoms with van der Waals surface area (Å²) in [6.45, 7) is 2.09. The monoisotopic (exact) mass is 286 g/mol. The van der Waals surface area contributed by atoms with Gasteiger partial charge >= 0.3 is 0 Å². The molecule has 1 aromatic carbocycles. The molecule has 0 bridgehead atoms. The summed E-state index contributed by atoms with van der Waals surface area (Å²) in [5, 5.41) is 0. The van der Waals surface area contributed by atoms with E-state index in [2.05, 4.69) is 56.5 Å². The fraction of sp³-hybridized carbons (Fsp3) is 0.0714. The van der Waals surface area contributed by atoms with Gasteiger partial charge < -0.3 is 0 Å². The molecule has 0 fully saturated rings. The minimum absolute atomic E-state index is 0.882. The van der Waals surface area contributed by atoms with Gasteiger partial charge in [0, 0.05) is 11.8 Å². The van der Waals surface area contributed by atoms with E-state index in [0.29, 0.717) is 0 Å². The first-order valence-corrected chi connectivity index (χ1v) is 6.24. The third kappa shape index (κ3) is 1.76. The molecule has 2 aromatic heterocycles. The summed E-state index contributed by atoms with van der Waals surface area (Å²) < 4.78 is 2.97. The summed E-state index contributed by atoms with van der Waals surface area (Å²) in [6, 6.07) is 14.5. The van der Waals surface area contributed by atoms with Crippen molar-refractivity contribution in [3.8, 4) is 11.3 Å². The quantitative estimate of drug-likeness (QED) is 0.659. The van der Waals surface area contributed by atoms with Crippen molar-refractivity contribution in [2.45, 2.75) is 6.92 Å². The van der Waals surface area contributed by atoms with Crippen LogP contribution in [0.1, 0.15) is 5.56 Å². The van der Waals surface area contributed by atoms with Crippen LogP contribution in [0, 0.1) is 6.92 Å². The summed E-state index contributed by atoms with van der Waals surface area (Å²) in [5.74, 6) is 0. The highest BCUT2D eigenvalue weighted by Gasteiger charge is 2.10. The maximum Gasteiger partial charge on any atom is 0.138 e. The third-order valence-corrected chi connectivity index (χ3v) is 3.37. The molecule has 0 saturated carbocycles. The number of aromatic nitrogens is 2. The van der Waals surface area contributed by atoms with Crippen LogP contribution in [0.5, 0.6) is 0 Å². The van der Waals surface area contributed by atoms with Crippen molar-refractivity contribution < 1.29 is 0 Å². The number of rotatable bonds is 1. The van der Waals surface area contributed by atoms with E-state index < -0.39 is 0 Å². The van der Waals surface area contributed by atoms with Crippen LogP contribution in [0.25, 0.3) is 16.9 Å². The molecule has 2 heterocycles. The molecule has 0 radical (unpaired) electrons. The van der Waals surface area contributed by atoms with E-state index in [0.717, 1.165) is 15.9 Å². The Hall–Kier alpha value is -1.61. The zero-order valence-electron chi connectivity index (χ0n) is 9.39. The number of nitrogens with zero attached hydrogens (tertiary/aromatic N) is 2. The van der Waals surface area contributed by atoms with E-state index in [4.69, 9.17) is 0 Å². The lowest BCUT2D eigenvalue weighted by molar-refractivity contribution is 1.19. The van der Waals surface area contributed by atoms with Crippen LogP contribution >= 0.6 is 15.9 Å². The van der Waals surface area contributed by atoms with Crippen LogP contribution in [-0.4, -0.2) is 9.38 Å². The molecule has 84 valence electrons. The maximum atomic E-state index is 4.49. The molecule has 0 N–H and O–H groups in total. The second-order valence-electron chi connectivity index (χ2n) is 4.05. The zero-order chi connectivity index (χ0) is 11.8. The summed E-state index contributed by atoms with van der Waals surface area (Å²) in [5.41, 5.74) is 4.48. The van der Waals surface area contributed by atoms with Gasteiger partial charge in [-0.3, -0.25) is 4.40 Å². The summed E-state index contributed by atoms with van der Waals surface area (Å²) in [7, 11) is 0. The molecule has 3 aromatic rings. The van der Waals surface area contributed by atoms with Gasteiger partial charge in [-0.15, -0.1) is 0 Å². The lowest BCUT2D eigenvalue weighted by Gasteiger charge is -2.03. The average molecular weight is 287 g/mol. The highest BCUT2D eigenvalue weighted by molar-refractivity contribution is 9.10. The van der Waals surface area contributed by atoms with Crippen molar-refractivity contribution in [3.63, 3.8) is 0 Å². The van der Waals surface area contributed by atoms with Crippen molar-refractivity contribution in [1.82, 2.24) is 9.38 Å². The number of aryl methyl sites for hydroxylation is 1. The Kier molecular flexibility index (Phi) is 2.48. The van der Waals surface area contributed by atoms with E-state index in [1.807, 2.05) is 24.4 Å². The fourth-order valence-corrected chi connectivity index (χ4v) is 2.54. The number of halogens is 1.